The number of carboxylic acids is 1. The van der Waals surface area contributed by atoms with Crippen LogP contribution < -0.4 is 0 Å². The molecule has 1 aromatic heterocycles. The van der Waals surface area contributed by atoms with Crippen molar-refractivity contribution in [3.63, 3.8) is 0 Å². The molecule has 0 amide bonds. The van der Waals surface area contributed by atoms with Gasteiger partial charge in [-0.3, -0.25) is 0 Å². The summed E-state index contributed by atoms with van der Waals surface area (Å²) < 4.78 is 0. The molecule has 0 aliphatic carbocycles. The number of nitrogens with zero attached hydrogens (tertiary/aromatic N) is 1. The van der Waals surface area contributed by atoms with Crippen LogP contribution in [-0.2, 0) is 5.41 Å². The van der Waals surface area contributed by atoms with Gasteiger partial charge in [0.1, 0.15) is 0 Å². The second-order valence-corrected chi connectivity index (χ2v) is 8.28. The first kappa shape index (κ1) is 18.9. The van der Waals surface area contributed by atoms with Crippen molar-refractivity contribution in [3.8, 4) is 22.4 Å². The number of carboxylic acid groups (broad SMARTS) is 1. The highest BCUT2D eigenvalue weighted by atomic mass is 16.4. The zero-order chi connectivity index (χ0) is 20.6. The number of hydrogen-bond acceptors (Lipinski definition) is 2. The van der Waals surface area contributed by atoms with Crippen molar-refractivity contribution in [2.75, 3.05) is 0 Å². The van der Waals surface area contributed by atoms with E-state index in [1.54, 1.807) is 12.1 Å². The fraction of sp³-hybridized carbons (Fsp3) is 0.154. The van der Waals surface area contributed by atoms with Crippen molar-refractivity contribution >= 4 is 16.9 Å². The standard InChI is InChI=1S/C26H23NO2/c1-26(2,3)20-14-12-18(13-15-20)17-8-10-19(11-9-17)24-16-22(25(28)29)21-6-4-5-7-23(21)27-24/h4-16H,1-3H3,(H,28,29). The van der Waals surface area contributed by atoms with Crippen LogP contribution in [0.1, 0.15) is 36.7 Å². The molecule has 0 saturated heterocycles. The molecule has 3 nitrogen and oxygen atoms in total. The second-order valence-electron chi connectivity index (χ2n) is 8.28. The van der Waals surface area contributed by atoms with Gasteiger partial charge in [0, 0.05) is 10.9 Å². The third-order valence-electron chi connectivity index (χ3n) is 5.21. The normalized spacial score (nSPS) is 11.6. The minimum Gasteiger partial charge on any atom is -0.478 e. The number of benzene rings is 3. The Bertz CT molecular complexity index is 1180. The predicted octanol–water partition coefficient (Wildman–Crippen LogP) is 6.56. The van der Waals surface area contributed by atoms with Gasteiger partial charge < -0.3 is 5.11 Å². The Labute approximate surface area is 170 Å². The van der Waals surface area contributed by atoms with Crippen LogP contribution in [0, 0.1) is 0 Å². The summed E-state index contributed by atoms with van der Waals surface area (Å²) in [6, 6.07) is 25.7. The largest absolute Gasteiger partial charge is 0.478 e. The molecular formula is C26H23NO2. The Kier molecular flexibility index (Phi) is 4.67. The van der Waals surface area contributed by atoms with E-state index in [-0.39, 0.29) is 11.0 Å². The van der Waals surface area contributed by atoms with Gasteiger partial charge in [-0.25, -0.2) is 9.78 Å². The minimum absolute atomic E-state index is 0.131. The fourth-order valence-corrected chi connectivity index (χ4v) is 3.50. The van der Waals surface area contributed by atoms with Gasteiger partial charge in [0.15, 0.2) is 0 Å². The lowest BCUT2D eigenvalue weighted by Crippen LogP contribution is -2.10. The molecule has 0 bridgehead atoms. The van der Waals surface area contributed by atoms with E-state index in [0.717, 1.165) is 16.7 Å². The molecule has 0 radical (unpaired) electrons. The number of pyridine rings is 1. The molecule has 0 aliphatic heterocycles. The van der Waals surface area contributed by atoms with Gasteiger partial charge in [0.05, 0.1) is 16.8 Å². The summed E-state index contributed by atoms with van der Waals surface area (Å²) in [6.45, 7) is 6.62. The van der Waals surface area contributed by atoms with Gasteiger partial charge in [0.25, 0.3) is 0 Å². The molecule has 0 saturated carbocycles. The summed E-state index contributed by atoms with van der Waals surface area (Å²) in [5, 5.41) is 10.3. The van der Waals surface area contributed by atoms with Crippen LogP contribution in [0.2, 0.25) is 0 Å². The number of aromatic nitrogens is 1. The van der Waals surface area contributed by atoms with Crippen molar-refractivity contribution in [3.05, 3.63) is 90.0 Å². The lowest BCUT2D eigenvalue weighted by Gasteiger charge is -2.19. The summed E-state index contributed by atoms with van der Waals surface area (Å²) in [7, 11) is 0. The third kappa shape index (κ3) is 3.77. The van der Waals surface area contributed by atoms with E-state index in [9.17, 15) is 9.90 Å². The molecule has 4 aromatic rings. The second kappa shape index (κ2) is 7.17. The maximum atomic E-state index is 11.7. The molecule has 0 unspecified atom stereocenters. The van der Waals surface area contributed by atoms with Crippen molar-refractivity contribution in [1.82, 2.24) is 4.98 Å². The molecule has 0 atom stereocenters. The Morgan fingerprint density at radius 1 is 0.793 bits per heavy atom. The first-order valence-electron chi connectivity index (χ1n) is 9.67. The maximum absolute atomic E-state index is 11.7. The third-order valence-corrected chi connectivity index (χ3v) is 5.21. The summed E-state index contributed by atoms with van der Waals surface area (Å²) in [5.74, 6) is -0.944. The van der Waals surface area contributed by atoms with E-state index in [1.807, 2.05) is 30.3 Å². The Morgan fingerprint density at radius 3 is 1.93 bits per heavy atom. The lowest BCUT2D eigenvalue weighted by atomic mass is 9.86. The molecule has 0 fully saturated rings. The molecule has 1 heterocycles. The number of carbonyl (C=O) groups is 1. The quantitative estimate of drug-likeness (QED) is 0.437. The van der Waals surface area contributed by atoms with E-state index < -0.39 is 5.97 Å². The minimum atomic E-state index is -0.944. The number of aromatic carboxylic acids is 1. The van der Waals surface area contributed by atoms with Crippen LogP contribution in [0.4, 0.5) is 0 Å². The lowest BCUT2D eigenvalue weighted by molar-refractivity contribution is 0.0699. The molecule has 0 aliphatic rings. The maximum Gasteiger partial charge on any atom is 0.336 e. The van der Waals surface area contributed by atoms with E-state index in [1.165, 1.54) is 5.56 Å². The van der Waals surface area contributed by atoms with Crippen molar-refractivity contribution < 1.29 is 9.90 Å². The summed E-state index contributed by atoms with van der Waals surface area (Å²) >= 11 is 0. The van der Waals surface area contributed by atoms with Crippen LogP contribution in [-0.4, -0.2) is 16.1 Å². The molecule has 3 aromatic carbocycles. The zero-order valence-electron chi connectivity index (χ0n) is 16.8. The van der Waals surface area contributed by atoms with Crippen molar-refractivity contribution in [1.29, 1.82) is 0 Å². The highest BCUT2D eigenvalue weighted by molar-refractivity contribution is 6.03. The fourth-order valence-electron chi connectivity index (χ4n) is 3.50. The Balaban J connectivity index is 1.70. The number of hydrogen-bond donors (Lipinski definition) is 1. The zero-order valence-corrected chi connectivity index (χ0v) is 16.8. The van der Waals surface area contributed by atoms with E-state index >= 15 is 0 Å². The smallest absolute Gasteiger partial charge is 0.336 e. The van der Waals surface area contributed by atoms with E-state index in [0.29, 0.717) is 16.6 Å². The summed E-state index contributed by atoms with van der Waals surface area (Å²) in [6.07, 6.45) is 0. The summed E-state index contributed by atoms with van der Waals surface area (Å²) in [4.78, 5) is 16.4. The van der Waals surface area contributed by atoms with Crippen LogP contribution in [0.3, 0.4) is 0 Å². The number of rotatable bonds is 3. The molecular weight excluding hydrogens is 358 g/mol. The average molecular weight is 381 g/mol. The monoisotopic (exact) mass is 381 g/mol. The van der Waals surface area contributed by atoms with Crippen LogP contribution in [0.25, 0.3) is 33.3 Å². The van der Waals surface area contributed by atoms with Crippen LogP contribution in [0.15, 0.2) is 78.9 Å². The first-order valence-corrected chi connectivity index (χ1v) is 9.67. The highest BCUT2D eigenvalue weighted by Gasteiger charge is 2.14. The van der Waals surface area contributed by atoms with Crippen molar-refractivity contribution in [2.45, 2.75) is 26.2 Å². The van der Waals surface area contributed by atoms with Crippen LogP contribution >= 0.6 is 0 Å². The van der Waals surface area contributed by atoms with Crippen molar-refractivity contribution in [2.24, 2.45) is 0 Å². The van der Waals surface area contributed by atoms with Gasteiger partial charge in [0.2, 0.25) is 0 Å². The topological polar surface area (TPSA) is 50.2 Å². The molecule has 3 heteroatoms. The van der Waals surface area contributed by atoms with Gasteiger partial charge in [-0.05, 0) is 34.2 Å². The molecule has 0 spiro atoms. The predicted molar refractivity (Wildman–Crippen MR) is 118 cm³/mol. The molecule has 1 N–H and O–H groups in total. The first-order chi connectivity index (χ1) is 13.8. The number of para-hydroxylation sites is 1. The number of fused-ring (bicyclic) bond motifs is 1. The SMILES string of the molecule is CC(C)(C)c1ccc(-c2ccc(-c3cc(C(=O)O)c4ccccc4n3)cc2)cc1. The Morgan fingerprint density at radius 2 is 1.34 bits per heavy atom. The average Bonchev–Trinajstić information content (AvgIpc) is 2.72. The molecule has 4 rings (SSSR count). The van der Waals surface area contributed by atoms with Gasteiger partial charge in [-0.2, -0.15) is 0 Å². The van der Waals surface area contributed by atoms with Gasteiger partial charge in [-0.15, -0.1) is 0 Å². The highest BCUT2D eigenvalue weighted by Crippen LogP contribution is 2.29. The van der Waals surface area contributed by atoms with E-state index in [2.05, 4.69) is 62.2 Å². The Hall–Kier alpha value is -3.46. The van der Waals surface area contributed by atoms with Gasteiger partial charge in [-0.1, -0.05) is 87.5 Å². The molecule has 144 valence electrons. The summed E-state index contributed by atoms with van der Waals surface area (Å²) in [5.41, 5.74) is 6.22. The molecule has 29 heavy (non-hydrogen) atoms. The van der Waals surface area contributed by atoms with E-state index in [4.69, 9.17) is 0 Å². The van der Waals surface area contributed by atoms with Gasteiger partial charge >= 0.3 is 5.97 Å². The van der Waals surface area contributed by atoms with Crippen LogP contribution in [0.5, 0.6) is 0 Å².